The fourth-order valence-electron chi connectivity index (χ4n) is 2.89. The molecule has 0 atom stereocenters. The van der Waals surface area contributed by atoms with Crippen molar-refractivity contribution in [3.8, 4) is 11.5 Å². The highest BCUT2D eigenvalue weighted by molar-refractivity contribution is 7.89. The average molecular weight is 339 g/mol. The topological polar surface area (TPSA) is 64.6 Å². The molecular weight excluding hydrogens is 314 g/mol. The van der Waals surface area contributed by atoms with Crippen LogP contribution in [-0.4, -0.2) is 29.2 Å². The van der Waals surface area contributed by atoms with E-state index in [0.717, 1.165) is 19.3 Å². The molecule has 23 heavy (non-hydrogen) atoms. The molecule has 0 amide bonds. The van der Waals surface area contributed by atoms with E-state index in [1.54, 1.807) is 20.1 Å². The summed E-state index contributed by atoms with van der Waals surface area (Å²) in [5.74, 6) is 0.932. The standard InChI is InChI=1S/C17H25NO4S/c1-13-15(21-2)9-10-16(17(13)22-3)23(19,20)18-12-11-14-7-5-4-6-8-14/h7,9-10,18H,4-6,8,11-12H2,1-3H3. The monoisotopic (exact) mass is 339 g/mol. The first-order valence-corrected chi connectivity index (χ1v) is 9.37. The molecule has 0 unspecified atom stereocenters. The van der Waals surface area contributed by atoms with Gasteiger partial charge in [-0.3, -0.25) is 0 Å². The molecule has 1 aliphatic rings. The molecule has 0 saturated carbocycles. The van der Waals surface area contributed by atoms with Gasteiger partial charge in [0, 0.05) is 12.1 Å². The molecule has 1 aromatic rings. The second-order valence-corrected chi connectivity index (χ2v) is 7.42. The van der Waals surface area contributed by atoms with Gasteiger partial charge in [0.15, 0.2) is 0 Å². The smallest absolute Gasteiger partial charge is 0.244 e. The number of hydrogen-bond donors (Lipinski definition) is 1. The summed E-state index contributed by atoms with van der Waals surface area (Å²) in [6.07, 6.45) is 7.61. The quantitative estimate of drug-likeness (QED) is 0.775. The van der Waals surface area contributed by atoms with Gasteiger partial charge in [-0.25, -0.2) is 13.1 Å². The van der Waals surface area contributed by atoms with E-state index in [1.165, 1.54) is 31.6 Å². The third-order valence-corrected chi connectivity index (χ3v) is 5.64. The van der Waals surface area contributed by atoms with Crippen LogP contribution in [0, 0.1) is 6.92 Å². The molecule has 0 saturated heterocycles. The van der Waals surface area contributed by atoms with Crippen molar-refractivity contribution in [3.05, 3.63) is 29.3 Å². The Kier molecular flexibility index (Phi) is 6.07. The second-order valence-electron chi connectivity index (χ2n) is 5.68. The normalized spacial score (nSPS) is 15.2. The van der Waals surface area contributed by atoms with Gasteiger partial charge in [0.25, 0.3) is 0 Å². The summed E-state index contributed by atoms with van der Waals surface area (Å²) in [5.41, 5.74) is 2.02. The van der Waals surface area contributed by atoms with Crippen LogP contribution >= 0.6 is 0 Å². The van der Waals surface area contributed by atoms with Crippen molar-refractivity contribution in [3.63, 3.8) is 0 Å². The molecule has 0 aliphatic heterocycles. The molecule has 1 aromatic carbocycles. The van der Waals surface area contributed by atoms with Crippen molar-refractivity contribution in [2.75, 3.05) is 20.8 Å². The Morgan fingerprint density at radius 1 is 1.17 bits per heavy atom. The Hall–Kier alpha value is -1.53. The molecular formula is C17H25NO4S. The number of rotatable bonds is 7. The van der Waals surface area contributed by atoms with E-state index in [1.807, 2.05) is 0 Å². The zero-order valence-electron chi connectivity index (χ0n) is 14.0. The Morgan fingerprint density at radius 2 is 1.96 bits per heavy atom. The Balaban J connectivity index is 2.12. The van der Waals surface area contributed by atoms with E-state index < -0.39 is 10.0 Å². The lowest BCUT2D eigenvalue weighted by Crippen LogP contribution is -2.26. The summed E-state index contributed by atoms with van der Waals surface area (Å²) in [6.45, 7) is 2.19. The maximum atomic E-state index is 12.6. The maximum absolute atomic E-state index is 12.6. The van der Waals surface area contributed by atoms with Crippen LogP contribution in [0.25, 0.3) is 0 Å². The zero-order chi connectivity index (χ0) is 16.9. The first kappa shape index (κ1) is 17.8. The molecule has 0 spiro atoms. The Bertz CT molecular complexity index is 680. The Labute approximate surface area is 138 Å². The maximum Gasteiger partial charge on any atom is 0.244 e. The number of methoxy groups -OCH3 is 2. The number of nitrogens with one attached hydrogen (secondary N) is 1. The molecule has 5 nitrogen and oxygen atoms in total. The molecule has 6 heteroatoms. The van der Waals surface area contributed by atoms with Gasteiger partial charge >= 0.3 is 0 Å². The second kappa shape index (κ2) is 7.84. The highest BCUT2D eigenvalue weighted by Crippen LogP contribution is 2.34. The summed E-state index contributed by atoms with van der Waals surface area (Å²) in [5, 5.41) is 0. The predicted octanol–water partition coefficient (Wildman–Crippen LogP) is 3.18. The minimum absolute atomic E-state index is 0.149. The summed E-state index contributed by atoms with van der Waals surface area (Å²) >= 11 is 0. The van der Waals surface area contributed by atoms with Gasteiger partial charge in [-0.1, -0.05) is 11.6 Å². The van der Waals surface area contributed by atoms with Gasteiger partial charge in [0.1, 0.15) is 16.4 Å². The fraction of sp³-hybridized carbons (Fsp3) is 0.529. The van der Waals surface area contributed by atoms with E-state index in [0.29, 0.717) is 23.6 Å². The van der Waals surface area contributed by atoms with Crippen molar-refractivity contribution >= 4 is 10.0 Å². The Morgan fingerprint density at radius 3 is 2.57 bits per heavy atom. The van der Waals surface area contributed by atoms with Crippen molar-refractivity contribution < 1.29 is 17.9 Å². The lowest BCUT2D eigenvalue weighted by molar-refractivity contribution is 0.380. The molecule has 0 aromatic heterocycles. The lowest BCUT2D eigenvalue weighted by Gasteiger charge is -2.16. The third-order valence-electron chi connectivity index (χ3n) is 4.16. The minimum atomic E-state index is -3.61. The van der Waals surface area contributed by atoms with Crippen LogP contribution in [0.1, 0.15) is 37.7 Å². The van der Waals surface area contributed by atoms with Gasteiger partial charge in [0.2, 0.25) is 10.0 Å². The van der Waals surface area contributed by atoms with Gasteiger partial charge in [-0.05, 0) is 51.2 Å². The van der Waals surface area contributed by atoms with E-state index in [4.69, 9.17) is 9.47 Å². The lowest BCUT2D eigenvalue weighted by atomic mass is 9.97. The summed E-state index contributed by atoms with van der Waals surface area (Å²) < 4.78 is 38.3. The van der Waals surface area contributed by atoms with E-state index in [9.17, 15) is 8.42 Å². The molecule has 1 aliphatic carbocycles. The third kappa shape index (κ3) is 4.26. The fourth-order valence-corrected chi connectivity index (χ4v) is 4.14. The number of sulfonamides is 1. The molecule has 128 valence electrons. The summed E-state index contributed by atoms with van der Waals surface area (Å²) in [7, 11) is -0.595. The van der Waals surface area contributed by atoms with Crippen molar-refractivity contribution in [2.24, 2.45) is 0 Å². The SMILES string of the molecule is COc1ccc(S(=O)(=O)NCCC2=CCCCC2)c(OC)c1C. The summed E-state index contributed by atoms with van der Waals surface area (Å²) in [4.78, 5) is 0.149. The van der Waals surface area contributed by atoms with Crippen LogP contribution in [0.5, 0.6) is 11.5 Å². The first-order valence-electron chi connectivity index (χ1n) is 7.88. The van der Waals surface area contributed by atoms with Crippen LogP contribution in [0.2, 0.25) is 0 Å². The van der Waals surface area contributed by atoms with Gasteiger partial charge in [0.05, 0.1) is 14.2 Å². The summed E-state index contributed by atoms with van der Waals surface area (Å²) in [6, 6.07) is 3.17. The van der Waals surface area contributed by atoms with Crippen LogP contribution in [0.4, 0.5) is 0 Å². The number of allylic oxidation sites excluding steroid dienone is 1. The van der Waals surface area contributed by atoms with E-state index in [2.05, 4.69) is 10.8 Å². The van der Waals surface area contributed by atoms with Crippen molar-refractivity contribution in [1.82, 2.24) is 4.72 Å². The molecule has 0 radical (unpaired) electrons. The highest BCUT2D eigenvalue weighted by atomic mass is 32.2. The predicted molar refractivity (Wildman–Crippen MR) is 90.6 cm³/mol. The van der Waals surface area contributed by atoms with Crippen molar-refractivity contribution in [2.45, 2.75) is 43.9 Å². The van der Waals surface area contributed by atoms with E-state index >= 15 is 0 Å². The average Bonchev–Trinajstić information content (AvgIpc) is 2.55. The first-order chi connectivity index (χ1) is 11.0. The van der Waals surface area contributed by atoms with E-state index in [-0.39, 0.29) is 4.90 Å². The molecule has 0 fully saturated rings. The largest absolute Gasteiger partial charge is 0.496 e. The van der Waals surface area contributed by atoms with Gasteiger partial charge in [-0.2, -0.15) is 0 Å². The van der Waals surface area contributed by atoms with Crippen molar-refractivity contribution in [1.29, 1.82) is 0 Å². The number of hydrogen-bond acceptors (Lipinski definition) is 4. The molecule has 0 heterocycles. The number of benzene rings is 1. The minimum Gasteiger partial charge on any atom is -0.496 e. The molecule has 1 N–H and O–H groups in total. The van der Waals surface area contributed by atoms with Gasteiger partial charge < -0.3 is 9.47 Å². The molecule has 0 bridgehead atoms. The van der Waals surface area contributed by atoms with Crippen LogP contribution in [0.15, 0.2) is 28.7 Å². The van der Waals surface area contributed by atoms with Crippen LogP contribution < -0.4 is 14.2 Å². The van der Waals surface area contributed by atoms with Gasteiger partial charge in [-0.15, -0.1) is 0 Å². The van der Waals surface area contributed by atoms with Crippen LogP contribution in [0.3, 0.4) is 0 Å². The highest BCUT2D eigenvalue weighted by Gasteiger charge is 2.22. The number of ether oxygens (including phenoxy) is 2. The van der Waals surface area contributed by atoms with Crippen LogP contribution in [-0.2, 0) is 10.0 Å². The zero-order valence-corrected chi connectivity index (χ0v) is 14.8. The molecule has 2 rings (SSSR count).